The minimum atomic E-state index is 0.553. The van der Waals surface area contributed by atoms with Crippen LogP contribution in [0, 0.1) is 0 Å². The highest BCUT2D eigenvalue weighted by Crippen LogP contribution is 2.28. The van der Waals surface area contributed by atoms with Crippen molar-refractivity contribution in [2.24, 2.45) is 0 Å². The van der Waals surface area contributed by atoms with Crippen LogP contribution >= 0.6 is 34.4 Å². The van der Waals surface area contributed by atoms with Gasteiger partial charge in [-0.3, -0.25) is 0 Å². The van der Waals surface area contributed by atoms with Crippen molar-refractivity contribution in [3.63, 3.8) is 0 Å². The molecule has 3 aromatic heterocycles. The second-order valence-electron chi connectivity index (χ2n) is 3.86. The van der Waals surface area contributed by atoms with Crippen LogP contribution in [-0.2, 0) is 5.75 Å². The maximum absolute atomic E-state index is 5.23. The third-order valence-electron chi connectivity index (χ3n) is 2.37. The van der Waals surface area contributed by atoms with Crippen LogP contribution in [0.4, 0.5) is 5.13 Å². The lowest BCUT2D eigenvalue weighted by molar-refractivity contribution is 0.425. The molecule has 0 aliphatic rings. The van der Waals surface area contributed by atoms with E-state index >= 15 is 0 Å². The van der Waals surface area contributed by atoms with Crippen molar-refractivity contribution in [2.75, 3.05) is 11.9 Å². The average Bonchev–Trinajstić information content (AvgIpc) is 3.22. The van der Waals surface area contributed by atoms with E-state index < -0.39 is 0 Å². The highest BCUT2D eigenvalue weighted by Gasteiger charge is 2.11. The highest BCUT2D eigenvalue weighted by molar-refractivity contribution is 8.00. The summed E-state index contributed by atoms with van der Waals surface area (Å²) in [6.45, 7) is 4.32. The molecule has 0 saturated heterocycles. The van der Waals surface area contributed by atoms with Crippen LogP contribution in [0.2, 0.25) is 0 Å². The molecule has 0 bridgehead atoms. The molecule has 0 saturated carbocycles. The van der Waals surface area contributed by atoms with Crippen LogP contribution in [0.3, 0.4) is 0 Å². The van der Waals surface area contributed by atoms with E-state index in [1.54, 1.807) is 17.4 Å². The van der Waals surface area contributed by atoms with Gasteiger partial charge in [0.15, 0.2) is 10.2 Å². The Labute approximate surface area is 133 Å². The third-order valence-corrected chi connectivity index (χ3v) is 5.06. The Morgan fingerprint density at radius 1 is 1.43 bits per heavy atom. The molecule has 0 unspecified atom stereocenters. The van der Waals surface area contributed by atoms with Gasteiger partial charge >= 0.3 is 0 Å². The van der Waals surface area contributed by atoms with E-state index in [9.17, 15) is 0 Å². The Kier molecular flexibility index (Phi) is 4.63. The van der Waals surface area contributed by atoms with Crippen LogP contribution < -0.4 is 5.32 Å². The van der Waals surface area contributed by atoms with E-state index in [-0.39, 0.29) is 0 Å². The van der Waals surface area contributed by atoms with Gasteiger partial charge in [-0.25, -0.2) is 0 Å². The number of hydrogen-bond donors (Lipinski definition) is 1. The summed E-state index contributed by atoms with van der Waals surface area (Å²) >= 11 is 4.63. The zero-order valence-electron chi connectivity index (χ0n) is 10.9. The lowest BCUT2D eigenvalue weighted by Crippen LogP contribution is -1.96. The van der Waals surface area contributed by atoms with Crippen molar-refractivity contribution < 1.29 is 4.52 Å². The summed E-state index contributed by atoms with van der Waals surface area (Å²) in [5.74, 6) is 1.80. The summed E-state index contributed by atoms with van der Waals surface area (Å²) in [5, 5.41) is 19.9. The average molecular weight is 337 g/mol. The maximum atomic E-state index is 5.23. The molecule has 1 N–H and O–H groups in total. The Bertz CT molecular complexity index is 706. The molecule has 0 aliphatic heterocycles. The molecular formula is C12H11N5OS3. The Morgan fingerprint density at radius 3 is 3.19 bits per heavy atom. The molecule has 0 spiro atoms. The van der Waals surface area contributed by atoms with Crippen LogP contribution in [0.5, 0.6) is 0 Å². The van der Waals surface area contributed by atoms with E-state index in [4.69, 9.17) is 4.52 Å². The first-order valence-corrected chi connectivity index (χ1v) is 8.76. The Balaban J connectivity index is 1.57. The summed E-state index contributed by atoms with van der Waals surface area (Å²) in [7, 11) is 0. The fourth-order valence-corrected chi connectivity index (χ4v) is 3.67. The number of aromatic nitrogens is 4. The minimum absolute atomic E-state index is 0.553. The number of hydrogen-bond acceptors (Lipinski definition) is 9. The minimum Gasteiger partial charge on any atom is -0.357 e. The third kappa shape index (κ3) is 3.69. The molecule has 0 radical (unpaired) electrons. The predicted octanol–water partition coefficient (Wildman–Crippen LogP) is 3.54. The molecule has 3 aromatic rings. The summed E-state index contributed by atoms with van der Waals surface area (Å²) in [6, 6.07) is 1.96. The molecule has 6 nitrogen and oxygen atoms in total. The molecule has 0 fully saturated rings. The number of nitrogens with zero attached hydrogens (tertiary/aromatic N) is 4. The monoisotopic (exact) mass is 337 g/mol. The number of thiophene rings is 1. The molecule has 108 valence electrons. The number of anilines is 1. The zero-order valence-corrected chi connectivity index (χ0v) is 13.3. The van der Waals surface area contributed by atoms with Crippen molar-refractivity contribution in [3.05, 3.63) is 35.3 Å². The maximum Gasteiger partial charge on any atom is 0.258 e. The van der Waals surface area contributed by atoms with Gasteiger partial charge in [-0.05, 0) is 11.4 Å². The summed E-state index contributed by atoms with van der Waals surface area (Å²) in [6.07, 6.45) is 1.78. The molecular weight excluding hydrogens is 326 g/mol. The standard InChI is InChI=1S/C12H11N5OS3/c1-2-4-13-11-15-16-12(21-11)20-7-9-14-10(18-17-9)8-3-5-19-6-8/h2-3,5-6H,1,4,7H2,(H,13,15). The van der Waals surface area contributed by atoms with Crippen LogP contribution in [0.1, 0.15) is 5.82 Å². The van der Waals surface area contributed by atoms with E-state index in [1.807, 2.05) is 16.8 Å². The lowest BCUT2D eigenvalue weighted by atomic mass is 10.3. The van der Waals surface area contributed by atoms with E-state index in [1.165, 1.54) is 23.1 Å². The smallest absolute Gasteiger partial charge is 0.258 e. The molecule has 9 heteroatoms. The van der Waals surface area contributed by atoms with Gasteiger partial charge < -0.3 is 9.84 Å². The molecule has 3 rings (SSSR count). The molecule has 0 aromatic carbocycles. The van der Waals surface area contributed by atoms with E-state index in [0.29, 0.717) is 24.0 Å². The van der Waals surface area contributed by atoms with Crippen LogP contribution in [0.15, 0.2) is 38.3 Å². The highest BCUT2D eigenvalue weighted by atomic mass is 32.2. The second kappa shape index (κ2) is 6.83. The predicted molar refractivity (Wildman–Crippen MR) is 85.8 cm³/mol. The van der Waals surface area contributed by atoms with Gasteiger partial charge in [0.2, 0.25) is 5.13 Å². The van der Waals surface area contributed by atoms with Crippen molar-refractivity contribution in [1.29, 1.82) is 0 Å². The molecule has 0 atom stereocenters. The number of thioether (sulfide) groups is 1. The SMILES string of the molecule is C=CCNc1nnc(SCc2noc(-c3ccsc3)n2)s1. The zero-order chi connectivity index (χ0) is 14.5. The second-order valence-corrected chi connectivity index (χ2v) is 6.84. The van der Waals surface area contributed by atoms with Gasteiger partial charge in [-0.2, -0.15) is 16.3 Å². The van der Waals surface area contributed by atoms with E-state index in [2.05, 4.69) is 32.2 Å². The summed E-state index contributed by atoms with van der Waals surface area (Å²) < 4.78 is 6.10. The van der Waals surface area contributed by atoms with Gasteiger partial charge in [0.05, 0.1) is 11.3 Å². The van der Waals surface area contributed by atoms with Crippen molar-refractivity contribution >= 4 is 39.6 Å². The first-order valence-electron chi connectivity index (χ1n) is 6.01. The summed E-state index contributed by atoms with van der Waals surface area (Å²) in [5.41, 5.74) is 0.954. The van der Waals surface area contributed by atoms with E-state index in [0.717, 1.165) is 15.0 Å². The number of rotatable bonds is 7. The summed E-state index contributed by atoms with van der Waals surface area (Å²) in [4.78, 5) is 4.36. The van der Waals surface area contributed by atoms with Crippen LogP contribution in [-0.4, -0.2) is 26.9 Å². The van der Waals surface area contributed by atoms with Crippen molar-refractivity contribution in [2.45, 2.75) is 10.1 Å². The topological polar surface area (TPSA) is 76.7 Å². The fraction of sp³-hybridized carbons (Fsp3) is 0.167. The molecule has 0 amide bonds. The molecule has 21 heavy (non-hydrogen) atoms. The quantitative estimate of drug-likeness (QED) is 0.522. The van der Waals surface area contributed by atoms with Crippen molar-refractivity contribution in [3.8, 4) is 11.5 Å². The largest absolute Gasteiger partial charge is 0.357 e. The van der Waals surface area contributed by atoms with Gasteiger partial charge in [-0.1, -0.05) is 34.3 Å². The van der Waals surface area contributed by atoms with Crippen molar-refractivity contribution in [1.82, 2.24) is 20.3 Å². The van der Waals surface area contributed by atoms with Gasteiger partial charge in [-0.15, -0.1) is 16.8 Å². The Hall–Kier alpha value is -1.71. The lowest BCUT2D eigenvalue weighted by Gasteiger charge is -1.93. The molecule has 3 heterocycles. The normalized spacial score (nSPS) is 10.7. The first kappa shape index (κ1) is 14.2. The van der Waals surface area contributed by atoms with Crippen LogP contribution in [0.25, 0.3) is 11.5 Å². The van der Waals surface area contributed by atoms with Gasteiger partial charge in [0.25, 0.3) is 5.89 Å². The fourth-order valence-electron chi connectivity index (χ4n) is 1.44. The van der Waals surface area contributed by atoms with Gasteiger partial charge in [0, 0.05) is 11.9 Å². The molecule has 0 aliphatic carbocycles. The Morgan fingerprint density at radius 2 is 2.38 bits per heavy atom. The van der Waals surface area contributed by atoms with Gasteiger partial charge in [0.1, 0.15) is 0 Å². The first-order chi connectivity index (χ1) is 10.3. The number of nitrogens with one attached hydrogen (secondary N) is 1.